The van der Waals surface area contributed by atoms with Crippen LogP contribution in [0.1, 0.15) is 28.9 Å². The van der Waals surface area contributed by atoms with E-state index in [9.17, 15) is 0 Å². The quantitative estimate of drug-likeness (QED) is 0.678. The van der Waals surface area contributed by atoms with E-state index < -0.39 is 0 Å². The molecular weight excluding hydrogens is 290 g/mol. The highest BCUT2D eigenvalue weighted by Gasteiger charge is 2.13. The number of rotatable bonds is 4. The molecule has 0 N–H and O–H groups in total. The van der Waals surface area contributed by atoms with Crippen molar-refractivity contribution in [3.63, 3.8) is 0 Å². The lowest BCUT2D eigenvalue weighted by Crippen LogP contribution is -2.05. The van der Waals surface area contributed by atoms with Gasteiger partial charge in [-0.1, -0.05) is 6.92 Å². The van der Waals surface area contributed by atoms with Crippen LogP contribution in [0.2, 0.25) is 0 Å². The number of aromatic nitrogens is 3. The van der Waals surface area contributed by atoms with Gasteiger partial charge in [-0.15, -0.1) is 22.9 Å². The average molecular weight is 306 g/mol. The average Bonchev–Trinajstić information content (AvgIpc) is 3.04. The zero-order valence-electron chi connectivity index (χ0n) is 11.6. The van der Waals surface area contributed by atoms with Crippen molar-refractivity contribution in [3.05, 3.63) is 45.5 Å². The molecule has 3 aromatic rings. The molecule has 3 nitrogen and oxygen atoms in total. The van der Waals surface area contributed by atoms with Gasteiger partial charge in [-0.2, -0.15) is 0 Å². The SMILES string of the molecule is CCc1ccsc1Cn1c(CCl)nc2ccc(C)nc21. The molecule has 104 valence electrons. The van der Waals surface area contributed by atoms with Crippen LogP contribution < -0.4 is 0 Å². The molecule has 0 aliphatic carbocycles. The maximum Gasteiger partial charge on any atom is 0.160 e. The van der Waals surface area contributed by atoms with Crippen LogP contribution >= 0.6 is 22.9 Å². The zero-order chi connectivity index (χ0) is 14.1. The van der Waals surface area contributed by atoms with Crippen molar-refractivity contribution in [1.29, 1.82) is 0 Å². The Labute approximate surface area is 127 Å². The van der Waals surface area contributed by atoms with E-state index in [1.54, 1.807) is 11.3 Å². The first-order valence-corrected chi connectivity index (χ1v) is 8.08. The number of alkyl halides is 1. The van der Waals surface area contributed by atoms with E-state index in [-0.39, 0.29) is 0 Å². The minimum absolute atomic E-state index is 0.405. The van der Waals surface area contributed by atoms with E-state index in [0.29, 0.717) is 5.88 Å². The summed E-state index contributed by atoms with van der Waals surface area (Å²) in [6.07, 6.45) is 1.05. The smallest absolute Gasteiger partial charge is 0.160 e. The number of thiophene rings is 1. The third-order valence-electron chi connectivity index (χ3n) is 3.45. The maximum atomic E-state index is 6.05. The van der Waals surface area contributed by atoms with Gasteiger partial charge in [-0.3, -0.25) is 0 Å². The van der Waals surface area contributed by atoms with E-state index in [1.807, 2.05) is 19.1 Å². The third kappa shape index (κ3) is 2.34. The molecule has 0 aliphatic rings. The van der Waals surface area contributed by atoms with Gasteiger partial charge in [0.1, 0.15) is 11.3 Å². The minimum atomic E-state index is 0.405. The van der Waals surface area contributed by atoms with Gasteiger partial charge in [-0.05, 0) is 42.5 Å². The van der Waals surface area contributed by atoms with Crippen LogP contribution in [0.3, 0.4) is 0 Å². The molecule has 0 amide bonds. The van der Waals surface area contributed by atoms with E-state index in [1.165, 1.54) is 10.4 Å². The van der Waals surface area contributed by atoms with Crippen molar-refractivity contribution < 1.29 is 0 Å². The molecule has 0 saturated carbocycles. The number of imidazole rings is 1. The highest BCUT2D eigenvalue weighted by molar-refractivity contribution is 7.10. The summed E-state index contributed by atoms with van der Waals surface area (Å²) in [7, 11) is 0. The van der Waals surface area contributed by atoms with Crippen LogP contribution in [-0.4, -0.2) is 14.5 Å². The van der Waals surface area contributed by atoms with Crippen molar-refractivity contribution in [1.82, 2.24) is 14.5 Å². The van der Waals surface area contributed by atoms with Gasteiger partial charge < -0.3 is 4.57 Å². The molecule has 3 aromatic heterocycles. The van der Waals surface area contributed by atoms with Crippen molar-refractivity contribution in [2.75, 3.05) is 0 Å². The highest BCUT2D eigenvalue weighted by Crippen LogP contribution is 2.23. The maximum absolute atomic E-state index is 6.05. The predicted molar refractivity (Wildman–Crippen MR) is 84.6 cm³/mol. The molecule has 0 fully saturated rings. The predicted octanol–water partition coefficient (Wildman–Crippen LogP) is 4.15. The monoisotopic (exact) mass is 305 g/mol. The Hall–Kier alpha value is -1.39. The lowest BCUT2D eigenvalue weighted by molar-refractivity contribution is 0.773. The van der Waals surface area contributed by atoms with Gasteiger partial charge >= 0.3 is 0 Å². The first-order valence-electron chi connectivity index (χ1n) is 6.67. The fourth-order valence-corrected chi connectivity index (χ4v) is 3.54. The standard InChI is InChI=1S/C15H16ClN3S/c1-3-11-6-7-20-13(11)9-19-14(8-16)18-12-5-4-10(2)17-15(12)19/h4-7H,3,8-9H2,1-2H3. The Kier molecular flexibility index (Phi) is 3.76. The van der Waals surface area contributed by atoms with Gasteiger partial charge in [-0.25, -0.2) is 9.97 Å². The lowest BCUT2D eigenvalue weighted by Gasteiger charge is -2.07. The summed E-state index contributed by atoms with van der Waals surface area (Å²) in [5.41, 5.74) is 4.24. The van der Waals surface area contributed by atoms with E-state index in [0.717, 1.165) is 35.6 Å². The number of aryl methyl sites for hydroxylation is 2. The molecular formula is C15H16ClN3S. The molecule has 0 bridgehead atoms. The number of pyridine rings is 1. The van der Waals surface area contributed by atoms with E-state index in [2.05, 4.69) is 32.9 Å². The summed E-state index contributed by atoms with van der Waals surface area (Å²) in [5, 5.41) is 2.15. The molecule has 3 heterocycles. The fraction of sp³-hybridized carbons (Fsp3) is 0.333. The highest BCUT2D eigenvalue weighted by atomic mass is 35.5. The molecule has 0 saturated heterocycles. The molecule has 0 radical (unpaired) electrons. The lowest BCUT2D eigenvalue weighted by atomic mass is 10.2. The first-order chi connectivity index (χ1) is 9.72. The number of nitrogens with zero attached hydrogens (tertiary/aromatic N) is 3. The summed E-state index contributed by atoms with van der Waals surface area (Å²) in [6, 6.07) is 6.19. The van der Waals surface area contributed by atoms with Crippen LogP contribution in [0.25, 0.3) is 11.2 Å². The summed E-state index contributed by atoms with van der Waals surface area (Å²) in [5.74, 6) is 1.29. The Morgan fingerprint density at radius 1 is 1.25 bits per heavy atom. The second-order valence-electron chi connectivity index (χ2n) is 4.77. The molecule has 0 atom stereocenters. The summed E-state index contributed by atoms with van der Waals surface area (Å²) < 4.78 is 2.14. The molecule has 0 aromatic carbocycles. The molecule has 3 rings (SSSR count). The van der Waals surface area contributed by atoms with Crippen molar-refractivity contribution >= 4 is 34.1 Å². The Morgan fingerprint density at radius 2 is 2.10 bits per heavy atom. The van der Waals surface area contributed by atoms with Crippen LogP contribution in [0.15, 0.2) is 23.6 Å². The fourth-order valence-electron chi connectivity index (χ4n) is 2.38. The first kappa shape index (κ1) is 13.6. The molecule has 20 heavy (non-hydrogen) atoms. The third-order valence-corrected chi connectivity index (χ3v) is 4.64. The van der Waals surface area contributed by atoms with Gasteiger partial charge in [0.2, 0.25) is 0 Å². The number of fused-ring (bicyclic) bond motifs is 1. The van der Waals surface area contributed by atoms with Gasteiger partial charge in [0.05, 0.1) is 12.4 Å². The second kappa shape index (κ2) is 5.54. The minimum Gasteiger partial charge on any atom is -0.306 e. The molecule has 5 heteroatoms. The number of halogens is 1. The van der Waals surface area contributed by atoms with Crippen LogP contribution in [0, 0.1) is 6.92 Å². The van der Waals surface area contributed by atoms with Crippen LogP contribution in [-0.2, 0) is 18.8 Å². The summed E-state index contributed by atoms with van der Waals surface area (Å²) in [4.78, 5) is 10.6. The van der Waals surface area contributed by atoms with Crippen molar-refractivity contribution in [3.8, 4) is 0 Å². The van der Waals surface area contributed by atoms with Crippen molar-refractivity contribution in [2.45, 2.75) is 32.7 Å². The largest absolute Gasteiger partial charge is 0.306 e. The topological polar surface area (TPSA) is 30.7 Å². The molecule has 0 aliphatic heterocycles. The van der Waals surface area contributed by atoms with Gasteiger partial charge in [0.25, 0.3) is 0 Å². The van der Waals surface area contributed by atoms with Crippen LogP contribution in [0.5, 0.6) is 0 Å². The Morgan fingerprint density at radius 3 is 2.85 bits per heavy atom. The number of hydrogen-bond donors (Lipinski definition) is 0. The zero-order valence-corrected chi connectivity index (χ0v) is 13.1. The Bertz CT molecular complexity index is 745. The van der Waals surface area contributed by atoms with E-state index >= 15 is 0 Å². The molecule has 0 unspecified atom stereocenters. The van der Waals surface area contributed by atoms with Crippen molar-refractivity contribution in [2.24, 2.45) is 0 Å². The molecule has 0 spiro atoms. The van der Waals surface area contributed by atoms with Gasteiger partial charge in [0.15, 0.2) is 5.65 Å². The normalized spacial score (nSPS) is 11.3. The second-order valence-corrected chi connectivity index (χ2v) is 6.03. The number of hydrogen-bond acceptors (Lipinski definition) is 3. The summed E-state index contributed by atoms with van der Waals surface area (Å²) >= 11 is 7.83. The van der Waals surface area contributed by atoms with E-state index in [4.69, 9.17) is 11.6 Å². The van der Waals surface area contributed by atoms with Crippen LogP contribution in [0.4, 0.5) is 0 Å². The summed E-state index contributed by atoms with van der Waals surface area (Å²) in [6.45, 7) is 4.98. The Balaban J connectivity index is 2.11. The van der Waals surface area contributed by atoms with Gasteiger partial charge in [0, 0.05) is 10.6 Å².